The van der Waals surface area contributed by atoms with Crippen molar-refractivity contribution < 1.29 is 4.74 Å². The lowest BCUT2D eigenvalue weighted by molar-refractivity contribution is 0.121. The van der Waals surface area contributed by atoms with Crippen molar-refractivity contribution in [2.24, 2.45) is 10.9 Å². The van der Waals surface area contributed by atoms with Crippen LogP contribution in [0.25, 0.3) is 0 Å². The topological polar surface area (TPSA) is 43.3 Å². The van der Waals surface area contributed by atoms with Gasteiger partial charge in [0.1, 0.15) is 0 Å². The first-order chi connectivity index (χ1) is 14.3. The van der Waals surface area contributed by atoms with Crippen LogP contribution in [-0.4, -0.2) is 93.3 Å². The fourth-order valence-electron chi connectivity index (χ4n) is 4.21. The second-order valence-electron chi connectivity index (χ2n) is 8.22. The van der Waals surface area contributed by atoms with Gasteiger partial charge in [-0.25, -0.2) is 0 Å². The highest BCUT2D eigenvalue weighted by Gasteiger charge is 2.22. The number of nitrogens with zero attached hydrogens (tertiary/aromatic N) is 4. The molecule has 6 nitrogen and oxygen atoms in total. The summed E-state index contributed by atoms with van der Waals surface area (Å²) in [5, 5.41) is 3.52. The third-order valence-corrected chi connectivity index (χ3v) is 6.07. The minimum atomic E-state index is 0.710. The molecule has 1 N–H and O–H groups in total. The highest BCUT2D eigenvalue weighted by molar-refractivity contribution is 5.80. The summed E-state index contributed by atoms with van der Waals surface area (Å²) in [4.78, 5) is 12.5. The van der Waals surface area contributed by atoms with Crippen LogP contribution in [0.3, 0.4) is 0 Å². The van der Waals surface area contributed by atoms with Crippen LogP contribution in [0.2, 0.25) is 0 Å². The van der Waals surface area contributed by atoms with Gasteiger partial charge in [0.05, 0.1) is 6.61 Å². The van der Waals surface area contributed by atoms with E-state index in [0.717, 1.165) is 64.9 Å². The van der Waals surface area contributed by atoms with Crippen molar-refractivity contribution in [1.82, 2.24) is 20.0 Å². The number of guanidine groups is 1. The molecule has 6 heteroatoms. The molecule has 2 saturated heterocycles. The monoisotopic (exact) mass is 401 g/mol. The predicted octanol–water partition coefficient (Wildman–Crippen LogP) is 2.13. The van der Waals surface area contributed by atoms with Crippen molar-refractivity contribution in [1.29, 1.82) is 0 Å². The van der Waals surface area contributed by atoms with Crippen molar-refractivity contribution >= 4 is 5.96 Å². The predicted molar refractivity (Wildman–Crippen MR) is 120 cm³/mol. The van der Waals surface area contributed by atoms with Crippen molar-refractivity contribution in [3.8, 4) is 0 Å². The van der Waals surface area contributed by atoms with Crippen LogP contribution in [0.4, 0.5) is 0 Å². The Hall–Kier alpha value is -1.63. The molecule has 0 amide bonds. The van der Waals surface area contributed by atoms with E-state index in [1.807, 2.05) is 0 Å². The van der Waals surface area contributed by atoms with E-state index in [-0.39, 0.29) is 0 Å². The second-order valence-corrected chi connectivity index (χ2v) is 8.22. The van der Waals surface area contributed by atoms with E-state index in [1.165, 1.54) is 31.5 Å². The molecule has 0 bridgehead atoms. The van der Waals surface area contributed by atoms with Gasteiger partial charge in [-0.1, -0.05) is 30.3 Å². The maximum atomic E-state index is 5.20. The first-order valence-electron chi connectivity index (χ1n) is 11.3. The summed E-state index contributed by atoms with van der Waals surface area (Å²) in [5.74, 6) is 1.82. The van der Waals surface area contributed by atoms with Crippen molar-refractivity contribution in [2.75, 3.05) is 72.6 Å². The van der Waals surface area contributed by atoms with Crippen molar-refractivity contribution in [3.63, 3.8) is 0 Å². The zero-order valence-corrected chi connectivity index (χ0v) is 18.4. The zero-order valence-electron chi connectivity index (χ0n) is 18.4. The third kappa shape index (κ3) is 7.28. The Bertz CT molecular complexity index is 593. The number of hydrogen-bond donors (Lipinski definition) is 1. The zero-order chi connectivity index (χ0) is 20.3. The molecule has 0 atom stereocenters. The van der Waals surface area contributed by atoms with E-state index < -0.39 is 0 Å². The van der Waals surface area contributed by atoms with Crippen LogP contribution in [0.15, 0.2) is 35.3 Å². The molecule has 0 unspecified atom stereocenters. The van der Waals surface area contributed by atoms with E-state index in [4.69, 9.17) is 9.73 Å². The molecule has 0 spiro atoms. The van der Waals surface area contributed by atoms with Gasteiger partial charge < -0.3 is 19.9 Å². The minimum absolute atomic E-state index is 0.710. The van der Waals surface area contributed by atoms with Crippen LogP contribution >= 0.6 is 0 Å². The fraction of sp³-hybridized carbons (Fsp3) is 0.696. The molecule has 162 valence electrons. The van der Waals surface area contributed by atoms with Gasteiger partial charge in [-0.15, -0.1) is 0 Å². The van der Waals surface area contributed by atoms with Gasteiger partial charge in [-0.2, -0.15) is 0 Å². The Morgan fingerprint density at radius 2 is 1.76 bits per heavy atom. The number of piperazine rings is 1. The summed E-state index contributed by atoms with van der Waals surface area (Å²) < 4.78 is 5.20. The van der Waals surface area contributed by atoms with E-state index in [1.54, 1.807) is 7.11 Å². The second kappa shape index (κ2) is 12.2. The molecular weight excluding hydrogens is 362 g/mol. The molecule has 0 saturated carbocycles. The van der Waals surface area contributed by atoms with Crippen LogP contribution in [0.1, 0.15) is 25.3 Å². The average molecular weight is 402 g/mol. The van der Waals surface area contributed by atoms with Crippen molar-refractivity contribution in [3.05, 3.63) is 35.9 Å². The summed E-state index contributed by atoms with van der Waals surface area (Å²) in [6, 6.07) is 10.8. The van der Waals surface area contributed by atoms with E-state index >= 15 is 0 Å². The minimum Gasteiger partial charge on any atom is -0.383 e. The maximum absolute atomic E-state index is 5.20. The Balaban J connectivity index is 1.44. The van der Waals surface area contributed by atoms with Gasteiger partial charge >= 0.3 is 0 Å². The number of methoxy groups -OCH3 is 1. The molecule has 2 aliphatic heterocycles. The molecule has 0 aliphatic carbocycles. The van der Waals surface area contributed by atoms with E-state index in [2.05, 4.69) is 57.3 Å². The summed E-state index contributed by atoms with van der Waals surface area (Å²) in [5.41, 5.74) is 1.40. The van der Waals surface area contributed by atoms with Crippen LogP contribution in [0.5, 0.6) is 0 Å². The molecule has 2 aliphatic rings. The standard InChI is InChI=1S/C23H39N5O/c1-3-24-23(25-19-21-9-11-26(12-10-21)17-18-29-2)28-15-13-27(14-16-28)20-22-7-5-4-6-8-22/h4-8,21H,3,9-20H2,1-2H3,(H,24,25). The molecule has 2 fully saturated rings. The molecule has 0 radical (unpaired) electrons. The number of hydrogen-bond acceptors (Lipinski definition) is 4. The SMILES string of the molecule is CCNC(=NCC1CCN(CCOC)CC1)N1CCN(Cc2ccccc2)CC1. The van der Waals surface area contributed by atoms with E-state index in [9.17, 15) is 0 Å². The molecule has 0 aromatic heterocycles. The number of nitrogens with one attached hydrogen (secondary N) is 1. The lowest BCUT2D eigenvalue weighted by Crippen LogP contribution is -2.52. The maximum Gasteiger partial charge on any atom is 0.194 e. The highest BCUT2D eigenvalue weighted by atomic mass is 16.5. The van der Waals surface area contributed by atoms with Gasteiger partial charge in [0.2, 0.25) is 0 Å². The Labute approximate surface area is 176 Å². The number of aliphatic imine (C=N–C) groups is 1. The summed E-state index contributed by atoms with van der Waals surface area (Å²) >= 11 is 0. The summed E-state index contributed by atoms with van der Waals surface area (Å²) in [6.07, 6.45) is 2.49. The Kier molecular flexibility index (Phi) is 9.25. The first-order valence-corrected chi connectivity index (χ1v) is 11.3. The van der Waals surface area contributed by atoms with Crippen LogP contribution in [0, 0.1) is 5.92 Å². The van der Waals surface area contributed by atoms with Gasteiger partial charge in [-0.05, 0) is 44.3 Å². The number of ether oxygens (including phenoxy) is 1. The fourth-order valence-corrected chi connectivity index (χ4v) is 4.21. The largest absolute Gasteiger partial charge is 0.383 e. The first kappa shape index (κ1) is 22.1. The molecule has 2 heterocycles. The number of piperidine rings is 1. The van der Waals surface area contributed by atoms with Gasteiger partial charge in [0, 0.05) is 59.5 Å². The van der Waals surface area contributed by atoms with Crippen LogP contribution < -0.4 is 5.32 Å². The van der Waals surface area contributed by atoms with Gasteiger partial charge in [0.15, 0.2) is 5.96 Å². The molecule has 1 aromatic carbocycles. The number of likely N-dealkylation sites (tertiary alicyclic amines) is 1. The summed E-state index contributed by atoms with van der Waals surface area (Å²) in [6.45, 7) is 13.6. The highest BCUT2D eigenvalue weighted by Crippen LogP contribution is 2.17. The van der Waals surface area contributed by atoms with Gasteiger partial charge in [-0.3, -0.25) is 9.89 Å². The molecule has 3 rings (SSSR count). The quantitative estimate of drug-likeness (QED) is 0.534. The molecular formula is C23H39N5O. The normalized spacial score (nSPS) is 20.2. The summed E-state index contributed by atoms with van der Waals surface area (Å²) in [7, 11) is 1.78. The average Bonchev–Trinajstić information content (AvgIpc) is 2.77. The van der Waals surface area contributed by atoms with Gasteiger partial charge in [0.25, 0.3) is 0 Å². The smallest absolute Gasteiger partial charge is 0.194 e. The van der Waals surface area contributed by atoms with E-state index in [0.29, 0.717) is 5.92 Å². The molecule has 29 heavy (non-hydrogen) atoms. The lowest BCUT2D eigenvalue weighted by Gasteiger charge is -2.37. The number of benzene rings is 1. The Morgan fingerprint density at radius 3 is 2.41 bits per heavy atom. The Morgan fingerprint density at radius 1 is 1.03 bits per heavy atom. The van der Waals surface area contributed by atoms with Crippen molar-refractivity contribution in [2.45, 2.75) is 26.3 Å². The number of rotatable bonds is 8. The van der Waals surface area contributed by atoms with Crippen LogP contribution in [-0.2, 0) is 11.3 Å². The third-order valence-electron chi connectivity index (χ3n) is 6.07. The lowest BCUT2D eigenvalue weighted by atomic mass is 9.97. The molecule has 1 aromatic rings.